The van der Waals surface area contributed by atoms with E-state index in [0.717, 1.165) is 37.3 Å². The van der Waals surface area contributed by atoms with E-state index in [1.165, 1.54) is 12.1 Å². The molecule has 4 rings (SSSR count). The molecular weight excluding hydrogens is 331 g/mol. The largest absolute Gasteiger partial charge is 0.366 e. The molecule has 1 aliphatic carbocycles. The van der Waals surface area contributed by atoms with E-state index in [9.17, 15) is 9.18 Å². The summed E-state index contributed by atoms with van der Waals surface area (Å²) >= 11 is 0. The van der Waals surface area contributed by atoms with E-state index < -0.39 is 0 Å². The number of carbonyl (C=O) groups is 1. The van der Waals surface area contributed by atoms with Gasteiger partial charge in [0.25, 0.3) is 0 Å². The van der Waals surface area contributed by atoms with E-state index in [0.29, 0.717) is 30.7 Å². The Kier molecular flexibility index (Phi) is 4.82. The molecule has 2 fully saturated rings. The number of hydrogen-bond donors (Lipinski definition) is 1. The lowest BCUT2D eigenvalue weighted by Gasteiger charge is -2.22. The van der Waals surface area contributed by atoms with Gasteiger partial charge in [-0.25, -0.2) is 9.37 Å². The van der Waals surface area contributed by atoms with Crippen LogP contribution < -0.4 is 5.32 Å². The van der Waals surface area contributed by atoms with E-state index in [2.05, 4.69) is 15.3 Å². The van der Waals surface area contributed by atoms with E-state index in [-0.39, 0.29) is 11.7 Å². The lowest BCUT2D eigenvalue weighted by Crippen LogP contribution is -2.33. The molecule has 26 heavy (non-hydrogen) atoms. The molecule has 3 atom stereocenters. The predicted molar refractivity (Wildman–Crippen MR) is 97.0 cm³/mol. The molecule has 1 amide bonds. The Bertz CT molecular complexity index is 752. The number of fused-ring (bicyclic) bond motifs is 1. The van der Waals surface area contributed by atoms with Gasteiger partial charge < -0.3 is 10.2 Å². The second-order valence-electron chi connectivity index (χ2n) is 7.27. The molecule has 1 aromatic heterocycles. The fourth-order valence-electron chi connectivity index (χ4n) is 4.27. The zero-order valence-electron chi connectivity index (χ0n) is 14.6. The number of likely N-dealkylation sites (tertiary alicyclic amines) is 1. The molecule has 2 heterocycles. The molecule has 0 spiro atoms. The van der Waals surface area contributed by atoms with Crippen molar-refractivity contribution in [1.29, 1.82) is 0 Å². The number of aryl methyl sites for hydroxylation is 1. The molecule has 5 nitrogen and oxygen atoms in total. The Balaban J connectivity index is 1.31. The van der Waals surface area contributed by atoms with Gasteiger partial charge in [-0.3, -0.25) is 9.78 Å². The number of nitrogens with zero attached hydrogens (tertiary/aromatic N) is 3. The first-order chi connectivity index (χ1) is 12.7. The first-order valence-corrected chi connectivity index (χ1v) is 9.24. The van der Waals surface area contributed by atoms with Crippen molar-refractivity contribution >= 4 is 11.7 Å². The van der Waals surface area contributed by atoms with Crippen LogP contribution in [0.4, 0.5) is 10.2 Å². The number of anilines is 1. The Morgan fingerprint density at radius 1 is 1.19 bits per heavy atom. The summed E-state index contributed by atoms with van der Waals surface area (Å²) in [6.45, 7) is 1.66. The SMILES string of the molecule is O=C(CCc1ccc(F)cc1)N1C[C@@H]2CC[C@@H](Nc3cnccn3)[C@@H]2C1. The molecule has 0 bridgehead atoms. The lowest BCUT2D eigenvalue weighted by atomic mass is 9.98. The number of halogens is 1. The van der Waals surface area contributed by atoms with Crippen LogP contribution >= 0.6 is 0 Å². The van der Waals surface area contributed by atoms with Crippen molar-refractivity contribution in [2.75, 3.05) is 18.4 Å². The van der Waals surface area contributed by atoms with Crippen LogP contribution in [0.15, 0.2) is 42.9 Å². The fraction of sp³-hybridized carbons (Fsp3) is 0.450. The molecule has 1 aliphatic heterocycles. The quantitative estimate of drug-likeness (QED) is 0.897. The number of amides is 1. The maximum Gasteiger partial charge on any atom is 0.222 e. The third-order valence-electron chi connectivity index (χ3n) is 5.65. The van der Waals surface area contributed by atoms with E-state index in [1.54, 1.807) is 30.7 Å². The number of carbonyl (C=O) groups excluding carboxylic acids is 1. The minimum atomic E-state index is -0.242. The van der Waals surface area contributed by atoms with E-state index >= 15 is 0 Å². The topological polar surface area (TPSA) is 58.1 Å². The van der Waals surface area contributed by atoms with Crippen molar-refractivity contribution in [3.05, 3.63) is 54.2 Å². The van der Waals surface area contributed by atoms with Gasteiger partial charge in [0.05, 0.1) is 6.20 Å². The average Bonchev–Trinajstić information content (AvgIpc) is 3.24. The van der Waals surface area contributed by atoms with Gasteiger partial charge in [-0.05, 0) is 42.9 Å². The van der Waals surface area contributed by atoms with Crippen molar-refractivity contribution in [2.45, 2.75) is 31.7 Å². The number of hydrogen-bond acceptors (Lipinski definition) is 4. The molecule has 136 valence electrons. The third kappa shape index (κ3) is 3.69. The number of benzene rings is 1. The highest BCUT2D eigenvalue weighted by Crippen LogP contribution is 2.39. The molecule has 1 aromatic carbocycles. The smallest absolute Gasteiger partial charge is 0.222 e. The maximum absolute atomic E-state index is 13.0. The van der Waals surface area contributed by atoms with Gasteiger partial charge in [0, 0.05) is 43.9 Å². The monoisotopic (exact) mass is 354 g/mol. The van der Waals surface area contributed by atoms with Gasteiger partial charge in [0.1, 0.15) is 11.6 Å². The Morgan fingerprint density at radius 2 is 2.04 bits per heavy atom. The van der Waals surface area contributed by atoms with Gasteiger partial charge in [-0.1, -0.05) is 12.1 Å². The number of nitrogens with one attached hydrogen (secondary N) is 1. The molecule has 1 saturated heterocycles. The number of aromatic nitrogens is 2. The third-order valence-corrected chi connectivity index (χ3v) is 5.65. The van der Waals surface area contributed by atoms with Gasteiger partial charge in [-0.15, -0.1) is 0 Å². The summed E-state index contributed by atoms with van der Waals surface area (Å²) < 4.78 is 13.0. The van der Waals surface area contributed by atoms with Crippen LogP contribution in [0.5, 0.6) is 0 Å². The van der Waals surface area contributed by atoms with Crippen molar-refractivity contribution in [3.63, 3.8) is 0 Å². The van der Waals surface area contributed by atoms with Crippen LogP contribution in [-0.4, -0.2) is 39.9 Å². The first-order valence-electron chi connectivity index (χ1n) is 9.24. The summed E-state index contributed by atoms with van der Waals surface area (Å²) in [5, 5.41) is 3.49. The van der Waals surface area contributed by atoms with Gasteiger partial charge >= 0.3 is 0 Å². The van der Waals surface area contributed by atoms with Gasteiger partial charge in [-0.2, -0.15) is 0 Å². The van der Waals surface area contributed by atoms with Crippen LogP contribution in [0, 0.1) is 17.7 Å². The normalized spacial score (nSPS) is 24.5. The Hall–Kier alpha value is -2.50. The molecule has 0 radical (unpaired) electrons. The molecule has 0 unspecified atom stereocenters. The molecule has 6 heteroatoms. The van der Waals surface area contributed by atoms with Crippen molar-refractivity contribution < 1.29 is 9.18 Å². The van der Waals surface area contributed by atoms with Crippen LogP contribution in [0.25, 0.3) is 0 Å². The summed E-state index contributed by atoms with van der Waals surface area (Å²) in [7, 11) is 0. The van der Waals surface area contributed by atoms with Crippen LogP contribution in [0.1, 0.15) is 24.8 Å². The highest BCUT2D eigenvalue weighted by molar-refractivity contribution is 5.76. The van der Waals surface area contributed by atoms with E-state index in [4.69, 9.17) is 0 Å². The highest BCUT2D eigenvalue weighted by atomic mass is 19.1. The van der Waals surface area contributed by atoms with Crippen LogP contribution in [0.3, 0.4) is 0 Å². The van der Waals surface area contributed by atoms with Crippen molar-refractivity contribution in [2.24, 2.45) is 11.8 Å². The van der Waals surface area contributed by atoms with Crippen molar-refractivity contribution in [3.8, 4) is 0 Å². The minimum Gasteiger partial charge on any atom is -0.366 e. The maximum atomic E-state index is 13.0. The summed E-state index contributed by atoms with van der Waals surface area (Å²) in [5.41, 5.74) is 1.00. The lowest BCUT2D eigenvalue weighted by molar-refractivity contribution is -0.130. The zero-order valence-corrected chi connectivity index (χ0v) is 14.6. The summed E-state index contributed by atoms with van der Waals surface area (Å²) in [4.78, 5) is 23.0. The van der Waals surface area contributed by atoms with Crippen molar-refractivity contribution in [1.82, 2.24) is 14.9 Å². The molecular formula is C20H23FN4O. The molecule has 2 aliphatic rings. The fourth-order valence-corrected chi connectivity index (χ4v) is 4.27. The standard InChI is InChI=1S/C20H23FN4O/c21-16-5-1-14(2-6-16)3-8-20(26)25-12-15-4-7-18(17(15)13-25)24-19-11-22-9-10-23-19/h1-2,5-6,9-11,15,17-18H,3-4,7-8,12-13H2,(H,23,24)/t15-,17+,18+/m0/s1. The highest BCUT2D eigenvalue weighted by Gasteiger charge is 2.43. The minimum absolute atomic E-state index is 0.196. The molecule has 2 aromatic rings. The van der Waals surface area contributed by atoms with E-state index in [1.807, 2.05) is 4.90 Å². The molecule has 1 saturated carbocycles. The van der Waals surface area contributed by atoms with Crippen LogP contribution in [0.2, 0.25) is 0 Å². The first kappa shape index (κ1) is 16.9. The summed E-state index contributed by atoms with van der Waals surface area (Å²) in [5.74, 6) is 1.81. The second kappa shape index (κ2) is 7.40. The van der Waals surface area contributed by atoms with Gasteiger partial charge in [0.2, 0.25) is 5.91 Å². The molecule has 1 N–H and O–H groups in total. The summed E-state index contributed by atoms with van der Waals surface area (Å²) in [6, 6.07) is 6.75. The summed E-state index contributed by atoms with van der Waals surface area (Å²) in [6.07, 6.45) is 8.50. The van der Waals surface area contributed by atoms with Crippen LogP contribution in [-0.2, 0) is 11.2 Å². The average molecular weight is 354 g/mol. The Labute approximate surface area is 152 Å². The predicted octanol–water partition coefficient (Wildman–Crippen LogP) is 2.90. The zero-order chi connectivity index (χ0) is 17.9. The number of rotatable bonds is 5. The second-order valence-corrected chi connectivity index (χ2v) is 7.27. The van der Waals surface area contributed by atoms with Gasteiger partial charge in [0.15, 0.2) is 0 Å². The Morgan fingerprint density at radius 3 is 2.81 bits per heavy atom.